The fourth-order valence-electron chi connectivity index (χ4n) is 13.4. The van der Waals surface area contributed by atoms with Crippen LogP contribution in [-0.2, 0) is 106 Å². The number of allylic oxidation sites excluding steroid dienone is 6. The van der Waals surface area contributed by atoms with Crippen LogP contribution in [0.3, 0.4) is 0 Å². The Balaban J connectivity index is 0.000000197. The van der Waals surface area contributed by atoms with E-state index in [4.69, 9.17) is 20.3 Å². The maximum atomic E-state index is 10.1. The second kappa shape index (κ2) is 42.6. The molecule has 18 heteroatoms. The molecule has 0 bridgehead atoms. The first-order chi connectivity index (χ1) is 53.8. The van der Waals surface area contributed by atoms with E-state index in [1.807, 2.05) is 109 Å². The standard InChI is InChI=1S/2C24H18N.C22H16N2O2.C13H8NS.3C5H8O2.3Ir.Pd/c1-24(2)20-9-5-4-8-18(20)19-13-11-17(15-21(19)24)23-14-12-16-7-3-6-10-22(16)25-23;1-24(2)21-10-6-5-9-19(21)20-12-11-17(15-22(20)24)23-18-8-4-3-7-16(18)13-14-25-23;25-21-13-3-1-7-15(21)17-9-5-11-19(23-17)20-12-6-10-18(24-20)16-8-2-4-14-22(16)26;1-2-7-12-10(5-1)9-13(15-12)11-6-3-4-8-14-11;3*1-4(6)3-5(2)7;;;;/h2*3-10,12-15H,1-2H3;1-14,25-26H;1-8H;3*3,6H,1-2H3;;;;/q2*-1;;-1;;;;;;;. The molecular weight excluding hydrogens is 2090 g/mol. The topological polar surface area (TPSA) is 217 Å². The summed E-state index contributed by atoms with van der Waals surface area (Å²) in [7, 11) is 0. The number of hydrogen-bond donors (Lipinski definition) is 5. The van der Waals surface area contributed by atoms with E-state index in [0.29, 0.717) is 33.9 Å². The van der Waals surface area contributed by atoms with Crippen LogP contribution in [0.2, 0.25) is 0 Å². The predicted octanol–water partition coefficient (Wildman–Crippen LogP) is 23.8. The van der Waals surface area contributed by atoms with Crippen LogP contribution >= 0.6 is 11.3 Å². The molecule has 6 heterocycles. The molecule has 2 aliphatic carbocycles. The first-order valence-electron chi connectivity index (χ1n) is 36.3. The number of aliphatic hydroxyl groups is 3. The minimum atomic E-state index is -0.125. The molecule has 0 amide bonds. The zero-order valence-electron chi connectivity index (χ0n) is 65.2. The van der Waals surface area contributed by atoms with E-state index in [0.717, 1.165) is 38.6 Å². The number of carbonyl (C=O) groups excluding carboxylic acids is 3. The van der Waals surface area contributed by atoms with Crippen LogP contribution in [0.4, 0.5) is 0 Å². The van der Waals surface area contributed by atoms with Gasteiger partial charge in [0.15, 0.2) is 17.3 Å². The van der Waals surface area contributed by atoms with Crippen LogP contribution in [0, 0.1) is 18.2 Å². The predicted molar refractivity (Wildman–Crippen MR) is 454 cm³/mol. The number of rotatable bonds is 9. The molecular formula is C98H84Ir3N5O8PdS-3. The normalized spacial score (nSPS) is 12.0. The van der Waals surface area contributed by atoms with Crippen molar-refractivity contribution in [1.29, 1.82) is 0 Å². The Morgan fingerprint density at radius 2 is 0.810 bits per heavy atom. The summed E-state index contributed by atoms with van der Waals surface area (Å²) in [6.07, 6.45) is 7.20. The molecule has 0 saturated heterocycles. The number of hydrogen-bond acceptors (Lipinski definition) is 14. The molecule has 17 rings (SSSR count). The third-order valence-electron chi connectivity index (χ3n) is 18.4. The van der Waals surface area contributed by atoms with E-state index in [1.165, 1.54) is 131 Å². The van der Waals surface area contributed by atoms with E-state index >= 15 is 0 Å². The summed E-state index contributed by atoms with van der Waals surface area (Å²) >= 11 is 1.73. The number of carbonyl (C=O) groups is 3. The number of para-hydroxylation sites is 3. The molecule has 0 atom stereocenters. The van der Waals surface area contributed by atoms with Gasteiger partial charge in [0.25, 0.3) is 0 Å². The fraction of sp³-hybridized carbons (Fsp3) is 0.122. The minimum absolute atomic E-state index is 0. The molecule has 0 saturated carbocycles. The number of aromatic nitrogens is 5. The smallest absolute Gasteiger partial charge is 0.155 e. The van der Waals surface area contributed by atoms with Crippen LogP contribution in [0.5, 0.6) is 11.5 Å². The van der Waals surface area contributed by atoms with Gasteiger partial charge >= 0.3 is 0 Å². The summed E-state index contributed by atoms with van der Waals surface area (Å²) in [5.74, 6) is 0.189. The maximum absolute atomic E-state index is 10.1. The molecule has 2 aliphatic rings. The summed E-state index contributed by atoms with van der Waals surface area (Å²) in [5.41, 5.74) is 21.0. The van der Waals surface area contributed by atoms with E-state index in [-0.39, 0.29) is 138 Å². The average molecular weight is 2170 g/mol. The molecule has 595 valence electrons. The number of fused-ring (bicyclic) bond motifs is 9. The summed E-state index contributed by atoms with van der Waals surface area (Å²) in [6.45, 7) is 17.8. The molecule has 0 fully saturated rings. The van der Waals surface area contributed by atoms with Crippen molar-refractivity contribution in [2.45, 2.75) is 80.1 Å². The molecule has 0 spiro atoms. The summed E-state index contributed by atoms with van der Waals surface area (Å²) in [5, 5.41) is 49.9. The van der Waals surface area contributed by atoms with E-state index in [1.54, 1.807) is 35.6 Å². The third-order valence-corrected chi connectivity index (χ3v) is 19.5. The summed E-state index contributed by atoms with van der Waals surface area (Å²) < 4.78 is 1.26. The molecule has 0 aliphatic heterocycles. The molecule has 5 N–H and O–H groups in total. The second-order valence-corrected chi connectivity index (χ2v) is 28.8. The van der Waals surface area contributed by atoms with Crippen molar-refractivity contribution in [3.8, 4) is 101 Å². The van der Waals surface area contributed by atoms with Crippen molar-refractivity contribution < 1.29 is 121 Å². The average Bonchev–Trinajstić information content (AvgIpc) is 1.58. The van der Waals surface area contributed by atoms with Crippen LogP contribution in [0.15, 0.2) is 315 Å². The Hall–Kier alpha value is -10.9. The first-order valence-corrected chi connectivity index (χ1v) is 37.2. The van der Waals surface area contributed by atoms with Crippen molar-refractivity contribution in [2.75, 3.05) is 0 Å². The maximum Gasteiger partial charge on any atom is 0.155 e. The number of aliphatic hydroxyl groups excluding tert-OH is 3. The molecule has 0 unspecified atom stereocenters. The number of nitrogens with zero attached hydrogens (tertiary/aromatic N) is 5. The minimum Gasteiger partial charge on any atom is -0.512 e. The summed E-state index contributed by atoms with van der Waals surface area (Å²) in [6, 6.07) is 99.2. The van der Waals surface area contributed by atoms with Crippen molar-refractivity contribution in [3.05, 3.63) is 355 Å². The van der Waals surface area contributed by atoms with Gasteiger partial charge in [0.05, 0.1) is 45.6 Å². The van der Waals surface area contributed by atoms with Gasteiger partial charge in [0.1, 0.15) is 11.5 Å². The van der Waals surface area contributed by atoms with Gasteiger partial charge < -0.3 is 35.5 Å². The molecule has 13 nitrogen and oxygen atoms in total. The number of phenols is 2. The van der Waals surface area contributed by atoms with E-state index in [2.05, 4.69) is 211 Å². The van der Waals surface area contributed by atoms with Crippen LogP contribution < -0.4 is 0 Å². The van der Waals surface area contributed by atoms with Gasteiger partial charge in [-0.3, -0.25) is 19.4 Å². The molecule has 9 aromatic carbocycles. The Morgan fingerprint density at radius 3 is 1.30 bits per heavy atom. The van der Waals surface area contributed by atoms with Gasteiger partial charge in [-0.2, -0.15) is 0 Å². The van der Waals surface area contributed by atoms with Crippen molar-refractivity contribution in [1.82, 2.24) is 24.9 Å². The van der Waals surface area contributed by atoms with Crippen LogP contribution in [-0.4, -0.2) is 67.8 Å². The molecule has 6 aromatic heterocycles. The van der Waals surface area contributed by atoms with E-state index < -0.39 is 0 Å². The van der Waals surface area contributed by atoms with Gasteiger partial charge in [-0.15, -0.1) is 82.2 Å². The van der Waals surface area contributed by atoms with Gasteiger partial charge in [-0.25, -0.2) is 21.3 Å². The largest absolute Gasteiger partial charge is 0.512 e. The van der Waals surface area contributed by atoms with Crippen molar-refractivity contribution in [2.24, 2.45) is 0 Å². The number of pyridine rings is 5. The number of phenolic OH excluding ortho intramolecular Hbond substituents is 2. The van der Waals surface area contributed by atoms with Crippen molar-refractivity contribution >= 4 is 60.4 Å². The van der Waals surface area contributed by atoms with E-state index in [9.17, 15) is 24.6 Å². The van der Waals surface area contributed by atoms with Gasteiger partial charge in [-0.05, 0) is 167 Å². The van der Waals surface area contributed by atoms with Gasteiger partial charge in [-0.1, -0.05) is 214 Å². The van der Waals surface area contributed by atoms with Gasteiger partial charge in [0.2, 0.25) is 0 Å². The second-order valence-electron chi connectivity index (χ2n) is 27.8. The Kier molecular flexibility index (Phi) is 33.9. The number of thiophene rings is 1. The SMILES string of the molecule is CC(=O)C=C(C)O.CC(=O)C=C(C)O.CC(=O)C=C(C)O.CC1(C)c2ccccc2-c2c[c-]c(-c3ccc4ccccc4n3)cc21.CC1(C)c2ccccc2-c2c[c-]c(-c3nccc4ccccc34)cc21.Oc1ccccc1-c1cccc(-c2cccc(-c3ccccc3O)n2)n1.[Ir].[Ir].[Ir].[Pd].[c-]1c(-c2ccccn2)sc2ccccc12. The monoisotopic (exact) mass is 2180 g/mol. The van der Waals surface area contributed by atoms with Crippen LogP contribution in [0.25, 0.3) is 121 Å². The summed E-state index contributed by atoms with van der Waals surface area (Å²) in [4.78, 5) is 54.3. The fourth-order valence-corrected chi connectivity index (χ4v) is 14.3. The molecule has 15 aromatic rings. The zero-order valence-corrected chi connectivity index (χ0v) is 74.8. The number of ketones is 3. The quantitative estimate of drug-likeness (QED) is 0.0394. The first kappa shape index (κ1) is 92.2. The Morgan fingerprint density at radius 1 is 0.379 bits per heavy atom. The molecule has 116 heavy (non-hydrogen) atoms. The molecule has 3 radical (unpaired) electrons. The van der Waals surface area contributed by atoms with Gasteiger partial charge in [0, 0.05) is 128 Å². The van der Waals surface area contributed by atoms with Crippen LogP contribution in [0.1, 0.15) is 91.5 Å². The number of aromatic hydroxyl groups is 2. The third kappa shape index (κ3) is 23.2. The zero-order chi connectivity index (χ0) is 79.6. The Labute approximate surface area is 735 Å². The number of benzene rings is 9. The Bertz CT molecular complexity index is 5840. The van der Waals surface area contributed by atoms with Crippen molar-refractivity contribution in [3.63, 3.8) is 0 Å².